The van der Waals surface area contributed by atoms with Crippen molar-refractivity contribution in [1.29, 1.82) is 0 Å². The monoisotopic (exact) mass is 298 g/mol. The summed E-state index contributed by atoms with van der Waals surface area (Å²) in [4.78, 5) is 13.7. The number of hydrogen-bond acceptors (Lipinski definition) is 4. The molecule has 0 spiro atoms. The van der Waals surface area contributed by atoms with Gasteiger partial charge in [0.2, 0.25) is 0 Å². The molecule has 1 aliphatic heterocycles. The van der Waals surface area contributed by atoms with Crippen molar-refractivity contribution in [2.75, 3.05) is 38.1 Å². The van der Waals surface area contributed by atoms with Crippen molar-refractivity contribution in [1.82, 2.24) is 14.9 Å². The second kappa shape index (κ2) is 5.90. The van der Waals surface area contributed by atoms with Gasteiger partial charge in [-0.25, -0.2) is 4.98 Å². The first-order valence-corrected chi connectivity index (χ1v) is 6.46. The summed E-state index contributed by atoms with van der Waals surface area (Å²) < 4.78 is 0. The van der Waals surface area contributed by atoms with E-state index in [1.807, 2.05) is 24.4 Å². The van der Waals surface area contributed by atoms with Crippen LogP contribution in [0.1, 0.15) is 0 Å². The molecule has 3 rings (SSSR count). The number of benzene rings is 1. The molecular weight excluding hydrogens is 283 g/mol. The standard InChI is InChI=1S/C13H15ClN4.ClH/c1-17-4-6-18(7-5-17)13-9-15-12-8-10(14)2-3-11(12)16-13;/h2-3,8-9H,4-7H2,1H3;1H. The SMILES string of the molecule is CN1CCN(c2cnc3cc(Cl)ccc3n2)CC1.Cl. The van der Waals surface area contributed by atoms with Crippen molar-refractivity contribution >= 4 is 40.9 Å². The molecule has 0 N–H and O–H groups in total. The molecule has 102 valence electrons. The number of likely N-dealkylation sites (N-methyl/N-ethyl adjacent to an activating group) is 1. The Kier molecular flexibility index (Phi) is 4.45. The molecule has 0 unspecified atom stereocenters. The Labute approximate surface area is 123 Å². The summed E-state index contributed by atoms with van der Waals surface area (Å²) >= 11 is 5.94. The maximum absolute atomic E-state index is 5.94. The molecule has 2 heterocycles. The molecule has 0 bridgehead atoms. The van der Waals surface area contributed by atoms with Crippen molar-refractivity contribution in [2.45, 2.75) is 0 Å². The van der Waals surface area contributed by atoms with Crippen molar-refractivity contribution in [3.63, 3.8) is 0 Å². The third-order valence-corrected chi connectivity index (χ3v) is 3.55. The van der Waals surface area contributed by atoms with E-state index in [1.54, 1.807) is 0 Å². The molecule has 1 aromatic heterocycles. The molecule has 0 atom stereocenters. The number of nitrogens with zero attached hydrogens (tertiary/aromatic N) is 4. The predicted molar refractivity (Wildman–Crippen MR) is 81.5 cm³/mol. The van der Waals surface area contributed by atoms with E-state index in [-0.39, 0.29) is 12.4 Å². The summed E-state index contributed by atoms with van der Waals surface area (Å²) in [5.74, 6) is 0.956. The zero-order valence-corrected chi connectivity index (χ0v) is 12.3. The molecule has 0 saturated carbocycles. The van der Waals surface area contributed by atoms with Crippen LogP contribution in [0, 0.1) is 0 Å². The summed E-state index contributed by atoms with van der Waals surface area (Å²) in [6.45, 7) is 4.15. The number of anilines is 1. The third-order valence-electron chi connectivity index (χ3n) is 3.32. The largest absolute Gasteiger partial charge is 0.353 e. The van der Waals surface area contributed by atoms with Crippen LogP contribution in [0.3, 0.4) is 0 Å². The molecule has 0 radical (unpaired) electrons. The van der Waals surface area contributed by atoms with Crippen LogP contribution < -0.4 is 4.90 Å². The average Bonchev–Trinajstić information content (AvgIpc) is 2.39. The lowest BCUT2D eigenvalue weighted by Gasteiger charge is -2.33. The highest BCUT2D eigenvalue weighted by molar-refractivity contribution is 6.31. The fourth-order valence-electron chi connectivity index (χ4n) is 2.16. The molecule has 1 saturated heterocycles. The van der Waals surface area contributed by atoms with Gasteiger partial charge in [0.25, 0.3) is 0 Å². The molecule has 2 aromatic rings. The Morgan fingerprint density at radius 2 is 1.84 bits per heavy atom. The van der Waals surface area contributed by atoms with Crippen LogP contribution in [0.4, 0.5) is 5.82 Å². The Morgan fingerprint density at radius 3 is 2.58 bits per heavy atom. The first-order valence-electron chi connectivity index (χ1n) is 6.08. The van der Waals surface area contributed by atoms with Gasteiger partial charge in [-0.1, -0.05) is 11.6 Å². The van der Waals surface area contributed by atoms with Gasteiger partial charge in [-0.3, -0.25) is 4.98 Å². The second-order valence-corrected chi connectivity index (χ2v) is 5.09. The maximum atomic E-state index is 5.94. The lowest BCUT2D eigenvalue weighted by Crippen LogP contribution is -2.44. The molecule has 6 heteroatoms. The van der Waals surface area contributed by atoms with Crippen LogP contribution in [0.15, 0.2) is 24.4 Å². The van der Waals surface area contributed by atoms with Gasteiger partial charge in [-0.15, -0.1) is 12.4 Å². The Balaban J connectivity index is 0.00000133. The summed E-state index contributed by atoms with van der Waals surface area (Å²) in [6, 6.07) is 5.62. The van der Waals surface area contributed by atoms with Gasteiger partial charge in [0.15, 0.2) is 0 Å². The van der Waals surface area contributed by atoms with Gasteiger partial charge in [-0.05, 0) is 25.2 Å². The fourth-order valence-corrected chi connectivity index (χ4v) is 2.33. The Hall–Kier alpha value is -1.10. The zero-order valence-electron chi connectivity index (χ0n) is 10.7. The number of piperazine rings is 1. The van der Waals surface area contributed by atoms with Gasteiger partial charge in [0, 0.05) is 31.2 Å². The highest BCUT2D eigenvalue weighted by Crippen LogP contribution is 2.19. The van der Waals surface area contributed by atoms with E-state index in [9.17, 15) is 0 Å². The van der Waals surface area contributed by atoms with Gasteiger partial charge >= 0.3 is 0 Å². The quantitative estimate of drug-likeness (QED) is 0.809. The minimum atomic E-state index is 0. The molecule has 4 nitrogen and oxygen atoms in total. The topological polar surface area (TPSA) is 32.3 Å². The maximum Gasteiger partial charge on any atom is 0.147 e. The summed E-state index contributed by atoms with van der Waals surface area (Å²) in [5.41, 5.74) is 1.75. The summed E-state index contributed by atoms with van der Waals surface area (Å²) in [5, 5.41) is 0.698. The average molecular weight is 299 g/mol. The highest BCUT2D eigenvalue weighted by Gasteiger charge is 2.15. The number of fused-ring (bicyclic) bond motifs is 1. The van der Waals surface area contributed by atoms with Crippen LogP contribution in [0.25, 0.3) is 11.0 Å². The fraction of sp³-hybridized carbons (Fsp3) is 0.385. The van der Waals surface area contributed by atoms with Crippen LogP contribution >= 0.6 is 24.0 Å². The minimum Gasteiger partial charge on any atom is -0.353 e. The smallest absolute Gasteiger partial charge is 0.147 e. The zero-order chi connectivity index (χ0) is 12.5. The highest BCUT2D eigenvalue weighted by atomic mass is 35.5. The number of aromatic nitrogens is 2. The lowest BCUT2D eigenvalue weighted by atomic mass is 10.3. The van der Waals surface area contributed by atoms with Crippen LogP contribution in [-0.4, -0.2) is 48.1 Å². The van der Waals surface area contributed by atoms with Crippen molar-refractivity contribution in [2.24, 2.45) is 0 Å². The first-order chi connectivity index (χ1) is 8.72. The van der Waals surface area contributed by atoms with E-state index in [4.69, 9.17) is 11.6 Å². The van der Waals surface area contributed by atoms with Gasteiger partial charge in [0.1, 0.15) is 5.82 Å². The van der Waals surface area contributed by atoms with E-state index in [0.717, 1.165) is 43.0 Å². The number of hydrogen-bond donors (Lipinski definition) is 0. The molecular formula is C13H16Cl2N4. The van der Waals surface area contributed by atoms with Gasteiger partial charge < -0.3 is 9.80 Å². The minimum absolute atomic E-state index is 0. The second-order valence-electron chi connectivity index (χ2n) is 4.65. The first kappa shape index (κ1) is 14.3. The molecule has 1 aliphatic rings. The van der Waals surface area contributed by atoms with Crippen molar-refractivity contribution in [3.05, 3.63) is 29.4 Å². The Bertz CT molecular complexity index is 568. The van der Waals surface area contributed by atoms with Crippen molar-refractivity contribution in [3.8, 4) is 0 Å². The summed E-state index contributed by atoms with van der Waals surface area (Å²) in [6.07, 6.45) is 1.84. The van der Waals surface area contributed by atoms with E-state index in [0.29, 0.717) is 5.02 Å². The normalized spacial score (nSPS) is 16.4. The van der Waals surface area contributed by atoms with Gasteiger partial charge in [0.05, 0.1) is 17.2 Å². The van der Waals surface area contributed by atoms with E-state index >= 15 is 0 Å². The molecule has 0 amide bonds. The predicted octanol–water partition coefficient (Wildman–Crippen LogP) is 2.46. The van der Waals surface area contributed by atoms with E-state index in [1.165, 1.54) is 0 Å². The molecule has 19 heavy (non-hydrogen) atoms. The van der Waals surface area contributed by atoms with Gasteiger partial charge in [-0.2, -0.15) is 0 Å². The van der Waals surface area contributed by atoms with Crippen LogP contribution in [-0.2, 0) is 0 Å². The molecule has 1 fully saturated rings. The van der Waals surface area contributed by atoms with Crippen LogP contribution in [0.2, 0.25) is 5.02 Å². The number of halogens is 2. The molecule has 0 aliphatic carbocycles. The van der Waals surface area contributed by atoms with Crippen molar-refractivity contribution < 1.29 is 0 Å². The summed E-state index contributed by atoms with van der Waals surface area (Å²) in [7, 11) is 2.14. The van der Waals surface area contributed by atoms with E-state index in [2.05, 4.69) is 26.8 Å². The van der Waals surface area contributed by atoms with Crippen LogP contribution in [0.5, 0.6) is 0 Å². The lowest BCUT2D eigenvalue weighted by molar-refractivity contribution is 0.312. The number of rotatable bonds is 1. The molecule has 1 aromatic carbocycles. The Morgan fingerprint density at radius 1 is 1.11 bits per heavy atom. The van der Waals surface area contributed by atoms with E-state index < -0.39 is 0 Å². The third kappa shape index (κ3) is 3.08.